The zero-order chi connectivity index (χ0) is 33.2. The number of benzene rings is 1. The number of pyridine rings is 1. The Morgan fingerprint density at radius 2 is 1.75 bits per heavy atom. The average Bonchev–Trinajstić information content (AvgIpc) is 3.35. The van der Waals surface area contributed by atoms with E-state index < -0.39 is 63.0 Å². The summed E-state index contributed by atoms with van der Waals surface area (Å²) >= 11 is 12.2. The lowest BCUT2D eigenvalue weighted by Crippen LogP contribution is -2.40. The first-order chi connectivity index (χ1) is 20.2. The van der Waals surface area contributed by atoms with E-state index in [1.165, 1.54) is 38.2 Å². The first-order valence-corrected chi connectivity index (χ1v) is 15.1. The second-order valence-electron chi connectivity index (χ2n) is 9.33. The number of hydrogen-bond acceptors (Lipinski definition) is 6. The van der Waals surface area contributed by atoms with E-state index in [1.54, 1.807) is 0 Å². The number of aryl methyl sites for hydroxylation is 1. The molecule has 1 aromatic carbocycles. The molecule has 19 heteroatoms. The van der Waals surface area contributed by atoms with Gasteiger partial charge in [-0.15, -0.1) is 0 Å². The third-order valence-electron chi connectivity index (χ3n) is 5.81. The van der Waals surface area contributed by atoms with Gasteiger partial charge in [0.2, 0.25) is 0 Å². The van der Waals surface area contributed by atoms with Gasteiger partial charge in [0, 0.05) is 29.6 Å². The van der Waals surface area contributed by atoms with Crippen molar-refractivity contribution in [2.45, 2.75) is 38.7 Å². The highest BCUT2D eigenvalue weighted by atomic mass is 35.5. The molecular weight excluding hydrogens is 665 g/mol. The smallest absolute Gasteiger partial charge is 0.348 e. The Morgan fingerprint density at radius 1 is 1.09 bits per heavy atom. The number of carbonyl (C=O) groups excluding carboxylic acids is 3. The summed E-state index contributed by atoms with van der Waals surface area (Å²) in [5, 5.41) is 8.17. The van der Waals surface area contributed by atoms with Gasteiger partial charge in [-0.2, -0.15) is 35.8 Å². The molecule has 0 fully saturated rings. The van der Waals surface area contributed by atoms with E-state index >= 15 is 0 Å². The maximum absolute atomic E-state index is 13.5. The average molecular weight is 687 g/mol. The number of nitrogens with zero attached hydrogens (tertiary/aromatic N) is 4. The van der Waals surface area contributed by atoms with Gasteiger partial charge in [-0.25, -0.2) is 13.9 Å². The summed E-state index contributed by atoms with van der Waals surface area (Å²) in [5.41, 5.74) is -2.35. The number of aromatic nitrogens is 3. The van der Waals surface area contributed by atoms with Gasteiger partial charge in [0.15, 0.2) is 11.5 Å². The Balaban J connectivity index is 1.99. The molecule has 3 rings (SSSR count). The van der Waals surface area contributed by atoms with Gasteiger partial charge in [0.25, 0.3) is 11.8 Å². The van der Waals surface area contributed by atoms with Crippen molar-refractivity contribution in [2.75, 3.05) is 17.3 Å². The predicted molar refractivity (Wildman–Crippen MR) is 149 cm³/mol. The van der Waals surface area contributed by atoms with Crippen LogP contribution < -0.4 is 10.6 Å². The zero-order valence-electron chi connectivity index (χ0n) is 22.8. The number of anilines is 1. The molecule has 0 aliphatic rings. The molecule has 0 spiro atoms. The molecule has 2 heterocycles. The summed E-state index contributed by atoms with van der Waals surface area (Å²) in [4.78, 5) is 41.8. The van der Waals surface area contributed by atoms with Gasteiger partial charge in [0.05, 0.1) is 31.8 Å². The summed E-state index contributed by atoms with van der Waals surface area (Å²) < 4.78 is 94.5. The third kappa shape index (κ3) is 8.47. The fourth-order valence-corrected chi connectivity index (χ4v) is 5.87. The van der Waals surface area contributed by atoms with E-state index in [2.05, 4.69) is 25.1 Å². The molecule has 0 saturated heterocycles. The highest BCUT2D eigenvalue weighted by molar-refractivity contribution is 7.93. The SMILES string of the molecule is CCC(CS(C)(=O)=NC(=O)C(F)(F)F)NC(=O)c1cc(Cl)cc(C)c1NC(=O)c1cc(C(F)(F)F)nn1-c1ncccc1Cl. The van der Waals surface area contributed by atoms with Crippen molar-refractivity contribution in [3.63, 3.8) is 0 Å². The van der Waals surface area contributed by atoms with Crippen LogP contribution >= 0.6 is 23.2 Å². The van der Waals surface area contributed by atoms with Crippen LogP contribution in [-0.4, -0.2) is 60.9 Å². The van der Waals surface area contributed by atoms with Crippen LogP contribution in [0, 0.1) is 6.92 Å². The summed E-state index contributed by atoms with van der Waals surface area (Å²) in [6.45, 7) is 2.95. The van der Waals surface area contributed by atoms with Crippen molar-refractivity contribution in [1.82, 2.24) is 20.1 Å². The number of nitrogens with one attached hydrogen (secondary N) is 2. The number of carbonyl (C=O) groups is 3. The van der Waals surface area contributed by atoms with Gasteiger partial charge < -0.3 is 10.6 Å². The molecular formula is C25H22Cl2F6N6O4S. The standard InChI is InChI=1S/C25H22Cl2F6N6O4S/c1-4-14(11-44(3,43)38-23(42)25(31,32)33)35-21(40)15-9-13(26)8-12(2)19(15)36-22(41)17-10-18(24(28,29)30)37-39(17)20-16(27)6-5-7-34-20/h5-10,14H,4,11H2,1-3H3,(H,35,40)(H,36,41). The molecule has 2 N–H and O–H groups in total. The fourth-order valence-electron chi connectivity index (χ4n) is 3.80. The Bertz CT molecular complexity index is 1730. The molecule has 0 radical (unpaired) electrons. The lowest BCUT2D eigenvalue weighted by Gasteiger charge is -2.20. The molecule has 44 heavy (non-hydrogen) atoms. The summed E-state index contributed by atoms with van der Waals surface area (Å²) in [6, 6.07) is 4.60. The van der Waals surface area contributed by atoms with Crippen molar-refractivity contribution in [3.8, 4) is 5.82 Å². The number of amides is 3. The Hall–Kier alpha value is -3.70. The predicted octanol–water partition coefficient (Wildman–Crippen LogP) is 5.85. The molecule has 2 aromatic heterocycles. The highest BCUT2D eigenvalue weighted by Gasteiger charge is 2.40. The third-order valence-corrected chi connectivity index (χ3v) is 7.90. The van der Waals surface area contributed by atoms with E-state index in [0.717, 1.165) is 12.3 Å². The normalized spacial score (nSPS) is 14.0. The van der Waals surface area contributed by atoms with E-state index in [0.29, 0.717) is 10.7 Å². The summed E-state index contributed by atoms with van der Waals surface area (Å²) in [6.07, 6.45) is -8.21. The van der Waals surface area contributed by atoms with Gasteiger partial charge in [-0.05, 0) is 43.2 Å². The molecule has 10 nitrogen and oxygen atoms in total. The van der Waals surface area contributed by atoms with Crippen LogP contribution in [0.3, 0.4) is 0 Å². The first kappa shape index (κ1) is 34.8. The van der Waals surface area contributed by atoms with Crippen molar-refractivity contribution >= 4 is 56.3 Å². The van der Waals surface area contributed by atoms with E-state index in [9.17, 15) is 44.9 Å². The van der Waals surface area contributed by atoms with Gasteiger partial charge in [-0.1, -0.05) is 30.1 Å². The van der Waals surface area contributed by atoms with Crippen LogP contribution in [0.15, 0.2) is 40.9 Å². The monoisotopic (exact) mass is 686 g/mol. The summed E-state index contributed by atoms with van der Waals surface area (Å²) in [7, 11) is -3.75. The molecule has 0 aliphatic carbocycles. The van der Waals surface area contributed by atoms with Gasteiger partial charge in [0.1, 0.15) is 5.69 Å². The van der Waals surface area contributed by atoms with Gasteiger partial charge >= 0.3 is 18.3 Å². The fraction of sp³-hybridized carbons (Fsp3) is 0.320. The molecule has 3 aromatic rings. The van der Waals surface area contributed by atoms with Crippen LogP contribution in [-0.2, 0) is 20.7 Å². The van der Waals surface area contributed by atoms with E-state index in [-0.39, 0.29) is 39.1 Å². The van der Waals surface area contributed by atoms with Crippen LogP contribution in [0.1, 0.15) is 45.4 Å². The molecule has 238 valence electrons. The Kier molecular flexibility index (Phi) is 10.4. The second kappa shape index (κ2) is 13.1. The first-order valence-electron chi connectivity index (χ1n) is 12.2. The van der Waals surface area contributed by atoms with Crippen LogP contribution in [0.4, 0.5) is 32.0 Å². The molecule has 2 unspecified atom stereocenters. The molecule has 3 amide bonds. The number of alkyl halides is 6. The minimum Gasteiger partial charge on any atom is -0.348 e. The second-order valence-corrected chi connectivity index (χ2v) is 12.6. The highest BCUT2D eigenvalue weighted by Crippen LogP contribution is 2.32. The van der Waals surface area contributed by atoms with Crippen LogP contribution in [0.5, 0.6) is 0 Å². The lowest BCUT2D eigenvalue weighted by atomic mass is 10.1. The van der Waals surface area contributed by atoms with Crippen molar-refractivity contribution < 1.29 is 44.9 Å². The van der Waals surface area contributed by atoms with Crippen molar-refractivity contribution in [1.29, 1.82) is 0 Å². The number of rotatable bonds is 8. The Morgan fingerprint density at radius 3 is 2.32 bits per heavy atom. The topological polar surface area (TPSA) is 135 Å². The van der Waals surface area contributed by atoms with Crippen molar-refractivity contribution in [3.05, 3.63) is 69.1 Å². The minimum atomic E-state index is -5.34. The summed E-state index contributed by atoms with van der Waals surface area (Å²) in [5.74, 6) is -5.55. The van der Waals surface area contributed by atoms with Crippen LogP contribution in [0.25, 0.3) is 5.82 Å². The maximum Gasteiger partial charge on any atom is 0.474 e. The molecule has 0 saturated carbocycles. The number of halogens is 8. The largest absolute Gasteiger partial charge is 0.474 e. The van der Waals surface area contributed by atoms with Gasteiger partial charge in [-0.3, -0.25) is 14.4 Å². The maximum atomic E-state index is 13.5. The van der Waals surface area contributed by atoms with Crippen LogP contribution in [0.2, 0.25) is 10.0 Å². The molecule has 2 atom stereocenters. The number of hydrogen-bond donors (Lipinski definition) is 2. The van der Waals surface area contributed by atoms with Crippen molar-refractivity contribution in [2.24, 2.45) is 4.36 Å². The minimum absolute atomic E-state index is 0.0217. The quantitative estimate of drug-likeness (QED) is 0.286. The zero-order valence-corrected chi connectivity index (χ0v) is 25.1. The van der Waals surface area contributed by atoms with E-state index in [1.807, 2.05) is 0 Å². The molecule has 0 aliphatic heterocycles. The van der Waals surface area contributed by atoms with E-state index in [4.69, 9.17) is 23.2 Å². The lowest BCUT2D eigenvalue weighted by molar-refractivity contribution is -0.169. The Labute approximate surface area is 256 Å². The molecule has 0 bridgehead atoms.